The summed E-state index contributed by atoms with van der Waals surface area (Å²) in [5.74, 6) is -0.284. The van der Waals surface area contributed by atoms with Crippen molar-refractivity contribution < 1.29 is 18.6 Å². The van der Waals surface area contributed by atoms with E-state index >= 15 is 0 Å². The molecule has 0 spiro atoms. The van der Waals surface area contributed by atoms with E-state index in [1.807, 2.05) is 39.8 Å². The molecule has 36 heavy (non-hydrogen) atoms. The first kappa shape index (κ1) is 24.5. The largest absolute Gasteiger partial charge is 0.494 e. The predicted molar refractivity (Wildman–Crippen MR) is 139 cm³/mol. The summed E-state index contributed by atoms with van der Waals surface area (Å²) >= 11 is 0. The Morgan fingerprint density at radius 2 is 1.31 bits per heavy atom. The highest BCUT2D eigenvalue weighted by atomic mass is 19.1. The van der Waals surface area contributed by atoms with Gasteiger partial charge < -0.3 is 14.2 Å². The fourth-order valence-corrected chi connectivity index (χ4v) is 5.11. The number of nitrogens with zero attached hydrogens (tertiary/aromatic N) is 2. The number of hydrogen-bond acceptors (Lipinski definition) is 5. The third-order valence-corrected chi connectivity index (χ3v) is 7.85. The van der Waals surface area contributed by atoms with Crippen molar-refractivity contribution in [2.45, 2.75) is 63.8 Å². The monoisotopic (exact) mass is 488 g/mol. The Kier molecular flexibility index (Phi) is 6.13. The maximum Gasteiger partial charge on any atom is 0.494 e. The van der Waals surface area contributed by atoms with Gasteiger partial charge in [0.25, 0.3) is 5.69 Å². The standard InChI is InChI=1S/C28H30BFN2O4/c1-27(2)28(3,4)36-29(35-27)21-9-5-19(6-10-21)25-17-18-26(20-7-13-24(14-8-20)32(33)34)31(25)23-15-11-22(30)12-16-23/h5-16,25-26H,17-18H2,1-4H3. The fraction of sp³-hybridized carbons (Fsp3) is 0.357. The van der Waals surface area contributed by atoms with Crippen molar-refractivity contribution in [2.75, 3.05) is 4.90 Å². The van der Waals surface area contributed by atoms with E-state index in [0.29, 0.717) is 0 Å². The van der Waals surface area contributed by atoms with E-state index in [2.05, 4.69) is 29.2 Å². The quantitative estimate of drug-likeness (QED) is 0.246. The first-order chi connectivity index (χ1) is 17.1. The number of rotatable bonds is 5. The molecule has 0 aliphatic carbocycles. The summed E-state index contributed by atoms with van der Waals surface area (Å²) in [7, 11) is -0.423. The summed E-state index contributed by atoms with van der Waals surface area (Å²) in [4.78, 5) is 13.0. The maximum atomic E-state index is 13.7. The lowest BCUT2D eigenvalue weighted by atomic mass is 9.78. The van der Waals surface area contributed by atoms with Crippen LogP contribution in [-0.4, -0.2) is 23.2 Å². The number of anilines is 1. The number of nitro benzene ring substituents is 1. The molecule has 2 unspecified atom stereocenters. The lowest BCUT2D eigenvalue weighted by Crippen LogP contribution is -2.41. The molecule has 2 saturated heterocycles. The van der Waals surface area contributed by atoms with Gasteiger partial charge in [0.1, 0.15) is 5.82 Å². The van der Waals surface area contributed by atoms with E-state index in [1.54, 1.807) is 24.3 Å². The lowest BCUT2D eigenvalue weighted by molar-refractivity contribution is -0.384. The maximum absolute atomic E-state index is 13.7. The molecule has 8 heteroatoms. The van der Waals surface area contributed by atoms with E-state index in [-0.39, 0.29) is 28.5 Å². The van der Waals surface area contributed by atoms with Crippen LogP contribution in [0.3, 0.4) is 0 Å². The number of halogens is 1. The Morgan fingerprint density at radius 3 is 1.78 bits per heavy atom. The van der Waals surface area contributed by atoms with Crippen LogP contribution in [0.25, 0.3) is 0 Å². The molecule has 0 N–H and O–H groups in total. The summed E-state index contributed by atoms with van der Waals surface area (Å²) in [5.41, 5.74) is 3.29. The number of non-ortho nitro benzene ring substituents is 1. The first-order valence-electron chi connectivity index (χ1n) is 12.3. The van der Waals surface area contributed by atoms with Crippen molar-refractivity contribution in [3.63, 3.8) is 0 Å². The van der Waals surface area contributed by atoms with Gasteiger partial charge in [0.05, 0.1) is 28.2 Å². The summed E-state index contributed by atoms with van der Waals surface area (Å²) in [6, 6.07) is 21.7. The molecule has 0 aromatic heterocycles. The smallest absolute Gasteiger partial charge is 0.399 e. The Hall–Kier alpha value is -3.23. The second-order valence-corrected chi connectivity index (χ2v) is 10.6. The van der Waals surface area contributed by atoms with E-state index in [0.717, 1.165) is 35.1 Å². The van der Waals surface area contributed by atoms with E-state index in [1.165, 1.54) is 12.1 Å². The number of nitro groups is 1. The van der Waals surface area contributed by atoms with E-state index in [4.69, 9.17) is 9.31 Å². The molecule has 2 heterocycles. The molecule has 0 radical (unpaired) electrons. The minimum Gasteiger partial charge on any atom is -0.399 e. The van der Waals surface area contributed by atoms with Crippen LogP contribution in [0, 0.1) is 15.9 Å². The predicted octanol–water partition coefficient (Wildman–Crippen LogP) is 6.12. The van der Waals surface area contributed by atoms with Gasteiger partial charge in [0, 0.05) is 17.8 Å². The Balaban J connectivity index is 1.44. The van der Waals surface area contributed by atoms with Crippen molar-refractivity contribution in [3.8, 4) is 0 Å². The molecular formula is C28H30BFN2O4. The molecule has 3 aromatic rings. The Morgan fingerprint density at radius 1 is 0.833 bits per heavy atom. The zero-order valence-corrected chi connectivity index (χ0v) is 21.0. The molecule has 5 rings (SSSR count). The topological polar surface area (TPSA) is 64.8 Å². The molecule has 2 aliphatic heterocycles. The molecule has 0 amide bonds. The van der Waals surface area contributed by atoms with Gasteiger partial charge in [0.2, 0.25) is 0 Å². The molecular weight excluding hydrogens is 458 g/mol. The van der Waals surface area contributed by atoms with Crippen molar-refractivity contribution in [1.29, 1.82) is 0 Å². The highest BCUT2D eigenvalue weighted by Crippen LogP contribution is 2.47. The third kappa shape index (κ3) is 4.40. The lowest BCUT2D eigenvalue weighted by Gasteiger charge is -2.33. The molecule has 6 nitrogen and oxygen atoms in total. The molecule has 0 saturated carbocycles. The summed E-state index contributed by atoms with van der Waals surface area (Å²) in [6.07, 6.45) is 1.77. The molecule has 186 valence electrons. The van der Waals surface area contributed by atoms with E-state index < -0.39 is 18.3 Å². The fourth-order valence-electron chi connectivity index (χ4n) is 5.11. The highest BCUT2D eigenvalue weighted by molar-refractivity contribution is 6.62. The van der Waals surface area contributed by atoms with Crippen LogP contribution in [0.4, 0.5) is 15.8 Å². The zero-order chi connectivity index (χ0) is 25.7. The van der Waals surface area contributed by atoms with Crippen molar-refractivity contribution >= 4 is 24.0 Å². The minimum absolute atomic E-state index is 0.0176. The normalized spacial score (nSPS) is 22.7. The minimum atomic E-state index is -0.423. The molecule has 0 bridgehead atoms. The van der Waals surface area contributed by atoms with Gasteiger partial charge in [-0.3, -0.25) is 10.1 Å². The molecule has 2 atom stereocenters. The van der Waals surface area contributed by atoms with Gasteiger partial charge in [0.15, 0.2) is 0 Å². The van der Waals surface area contributed by atoms with Crippen LogP contribution in [0.5, 0.6) is 0 Å². The summed E-state index contributed by atoms with van der Waals surface area (Å²) in [5, 5.41) is 11.1. The van der Waals surface area contributed by atoms with Crippen molar-refractivity contribution in [1.82, 2.24) is 0 Å². The number of benzene rings is 3. The Labute approximate surface area is 211 Å². The van der Waals surface area contributed by atoms with Crippen molar-refractivity contribution in [3.05, 3.63) is 99.9 Å². The average molecular weight is 488 g/mol. The van der Waals surface area contributed by atoms with Crippen LogP contribution >= 0.6 is 0 Å². The van der Waals surface area contributed by atoms with Gasteiger partial charge in [-0.1, -0.05) is 36.4 Å². The van der Waals surface area contributed by atoms with Crippen LogP contribution in [0.15, 0.2) is 72.8 Å². The summed E-state index contributed by atoms with van der Waals surface area (Å²) in [6.45, 7) is 8.16. The van der Waals surface area contributed by atoms with Gasteiger partial charge in [-0.2, -0.15) is 0 Å². The van der Waals surface area contributed by atoms with Gasteiger partial charge >= 0.3 is 7.12 Å². The third-order valence-electron chi connectivity index (χ3n) is 7.85. The van der Waals surface area contributed by atoms with Gasteiger partial charge in [-0.05, 0) is 81.4 Å². The van der Waals surface area contributed by atoms with Crippen LogP contribution in [-0.2, 0) is 9.31 Å². The van der Waals surface area contributed by atoms with Crippen molar-refractivity contribution in [2.24, 2.45) is 0 Å². The second-order valence-electron chi connectivity index (χ2n) is 10.6. The number of hydrogen-bond donors (Lipinski definition) is 0. The average Bonchev–Trinajstić information content (AvgIpc) is 3.38. The summed E-state index contributed by atoms with van der Waals surface area (Å²) < 4.78 is 26.1. The highest BCUT2D eigenvalue weighted by Gasteiger charge is 2.51. The molecule has 2 aliphatic rings. The molecule has 2 fully saturated rings. The van der Waals surface area contributed by atoms with Gasteiger partial charge in [-0.25, -0.2) is 4.39 Å². The van der Waals surface area contributed by atoms with Gasteiger partial charge in [-0.15, -0.1) is 0 Å². The van der Waals surface area contributed by atoms with Crippen LogP contribution < -0.4 is 10.4 Å². The van der Waals surface area contributed by atoms with Crippen LogP contribution in [0.1, 0.15) is 63.7 Å². The first-order valence-corrected chi connectivity index (χ1v) is 12.3. The molecule has 3 aromatic carbocycles. The SMILES string of the molecule is CC1(C)OB(c2ccc(C3CCC(c4ccc([N+](=O)[O-])cc4)N3c3ccc(F)cc3)cc2)OC1(C)C. The van der Waals surface area contributed by atoms with Crippen LogP contribution in [0.2, 0.25) is 0 Å². The van der Waals surface area contributed by atoms with E-state index in [9.17, 15) is 14.5 Å². The zero-order valence-electron chi connectivity index (χ0n) is 21.0. The Bertz CT molecular complexity index is 1230. The second kappa shape index (κ2) is 9.02.